The number of aromatic nitrogens is 2. The van der Waals surface area contributed by atoms with Crippen molar-refractivity contribution >= 4 is 10.8 Å². The molecule has 1 unspecified atom stereocenters. The van der Waals surface area contributed by atoms with E-state index in [4.69, 9.17) is 14.5 Å². The zero-order chi connectivity index (χ0) is 20.7. The van der Waals surface area contributed by atoms with E-state index in [1.54, 1.807) is 0 Å². The van der Waals surface area contributed by atoms with Crippen LogP contribution in [0, 0.1) is 13.8 Å². The van der Waals surface area contributed by atoms with Crippen molar-refractivity contribution in [1.82, 2.24) is 14.9 Å². The predicted octanol–water partition coefficient (Wildman–Crippen LogP) is 4.53. The van der Waals surface area contributed by atoms with Crippen LogP contribution < -0.4 is 4.74 Å². The summed E-state index contributed by atoms with van der Waals surface area (Å²) in [6, 6.07) is 13.9. The molecule has 1 saturated heterocycles. The molecule has 30 heavy (non-hydrogen) atoms. The molecule has 0 spiro atoms. The lowest BCUT2D eigenvalue weighted by atomic mass is 9.92. The zero-order valence-corrected chi connectivity index (χ0v) is 18.0. The second-order valence-electron chi connectivity index (χ2n) is 8.63. The second-order valence-corrected chi connectivity index (χ2v) is 8.63. The Morgan fingerprint density at radius 2 is 1.97 bits per heavy atom. The minimum atomic E-state index is -0.00887. The molecule has 156 valence electrons. The Morgan fingerprint density at radius 3 is 2.77 bits per heavy atom. The lowest BCUT2D eigenvalue weighted by Crippen LogP contribution is -2.31. The molecule has 5 heteroatoms. The molecule has 0 amide bonds. The summed E-state index contributed by atoms with van der Waals surface area (Å²) in [6.07, 6.45) is 3.14. The molecule has 1 aromatic heterocycles. The molecule has 2 aromatic carbocycles. The monoisotopic (exact) mass is 403 g/mol. The average Bonchev–Trinajstić information content (AvgIpc) is 3.16. The van der Waals surface area contributed by atoms with Crippen LogP contribution in [-0.2, 0) is 17.8 Å². The fourth-order valence-electron chi connectivity index (χ4n) is 4.86. The van der Waals surface area contributed by atoms with Crippen LogP contribution in [0.5, 0.6) is 6.01 Å². The third-order valence-corrected chi connectivity index (χ3v) is 6.66. The van der Waals surface area contributed by atoms with Gasteiger partial charge < -0.3 is 14.4 Å². The molecule has 2 atom stereocenters. The molecule has 2 aliphatic heterocycles. The summed E-state index contributed by atoms with van der Waals surface area (Å²) in [6.45, 7) is 6.53. The van der Waals surface area contributed by atoms with E-state index in [1.807, 2.05) is 6.92 Å². The number of rotatable bonds is 4. The highest BCUT2D eigenvalue weighted by atomic mass is 16.5. The number of hydrogen-bond donors (Lipinski definition) is 0. The molecule has 0 aliphatic carbocycles. The summed E-state index contributed by atoms with van der Waals surface area (Å²) in [5.74, 6) is 0. The molecule has 3 aromatic rings. The van der Waals surface area contributed by atoms with E-state index < -0.39 is 0 Å². The highest BCUT2D eigenvalue weighted by Gasteiger charge is 2.27. The Hall–Kier alpha value is -2.50. The van der Waals surface area contributed by atoms with E-state index in [2.05, 4.69) is 60.3 Å². The molecule has 3 heterocycles. The summed E-state index contributed by atoms with van der Waals surface area (Å²) >= 11 is 0. The maximum absolute atomic E-state index is 6.30. The minimum absolute atomic E-state index is 0.00887. The summed E-state index contributed by atoms with van der Waals surface area (Å²) in [4.78, 5) is 11.8. The normalized spacial score (nSPS) is 21.7. The minimum Gasteiger partial charge on any atom is -0.462 e. The number of aryl methyl sites for hydroxylation is 2. The number of benzene rings is 2. The van der Waals surface area contributed by atoms with Crippen molar-refractivity contribution in [2.45, 2.75) is 51.9 Å². The molecular weight excluding hydrogens is 374 g/mol. The zero-order valence-electron chi connectivity index (χ0n) is 18.0. The largest absolute Gasteiger partial charge is 0.462 e. The molecular formula is C25H29N3O2. The van der Waals surface area contributed by atoms with Crippen LogP contribution in [0.4, 0.5) is 0 Å². The van der Waals surface area contributed by atoms with Crippen LogP contribution in [0.25, 0.3) is 10.8 Å². The molecule has 0 radical (unpaired) electrons. The van der Waals surface area contributed by atoms with Crippen LogP contribution in [-0.4, -0.2) is 41.1 Å². The topological polar surface area (TPSA) is 47.5 Å². The Morgan fingerprint density at radius 1 is 1.13 bits per heavy atom. The third-order valence-electron chi connectivity index (χ3n) is 6.66. The van der Waals surface area contributed by atoms with Gasteiger partial charge in [-0.3, -0.25) is 0 Å². The summed E-state index contributed by atoms with van der Waals surface area (Å²) in [7, 11) is 2.16. The number of likely N-dealkylation sites (tertiary alicyclic amines) is 1. The average molecular weight is 404 g/mol. The summed E-state index contributed by atoms with van der Waals surface area (Å²) in [5.41, 5.74) is 5.64. The van der Waals surface area contributed by atoms with E-state index in [9.17, 15) is 0 Å². The van der Waals surface area contributed by atoms with E-state index in [0.29, 0.717) is 25.3 Å². The fourth-order valence-corrected chi connectivity index (χ4v) is 4.86. The van der Waals surface area contributed by atoms with Crippen LogP contribution in [0.15, 0.2) is 36.4 Å². The Kier molecular flexibility index (Phi) is 5.17. The van der Waals surface area contributed by atoms with Gasteiger partial charge in [-0.05, 0) is 62.2 Å². The Bertz CT molecular complexity index is 1080. The highest BCUT2D eigenvalue weighted by molar-refractivity contribution is 5.89. The first kappa shape index (κ1) is 19.5. The summed E-state index contributed by atoms with van der Waals surface area (Å²) in [5, 5.41) is 2.55. The van der Waals surface area contributed by atoms with E-state index in [0.717, 1.165) is 29.9 Å². The molecule has 5 nitrogen and oxygen atoms in total. The van der Waals surface area contributed by atoms with Gasteiger partial charge in [0.05, 0.1) is 24.1 Å². The number of nitrogens with zero attached hydrogens (tertiary/aromatic N) is 3. The quantitative estimate of drug-likeness (QED) is 0.640. The van der Waals surface area contributed by atoms with Gasteiger partial charge >= 0.3 is 6.01 Å². The summed E-state index contributed by atoms with van der Waals surface area (Å²) < 4.78 is 12.3. The maximum atomic E-state index is 6.30. The van der Waals surface area contributed by atoms with E-state index >= 15 is 0 Å². The van der Waals surface area contributed by atoms with Gasteiger partial charge in [-0.1, -0.05) is 36.4 Å². The van der Waals surface area contributed by atoms with Gasteiger partial charge in [0, 0.05) is 18.0 Å². The third kappa shape index (κ3) is 3.57. The van der Waals surface area contributed by atoms with Gasteiger partial charge in [-0.25, -0.2) is 4.98 Å². The fraction of sp³-hybridized carbons (Fsp3) is 0.440. The first-order valence-corrected chi connectivity index (χ1v) is 10.9. The van der Waals surface area contributed by atoms with E-state index in [1.165, 1.54) is 34.7 Å². The van der Waals surface area contributed by atoms with Crippen molar-refractivity contribution in [1.29, 1.82) is 0 Å². The molecule has 5 rings (SSSR count). The molecule has 0 bridgehead atoms. The second kappa shape index (κ2) is 7.97. The predicted molar refractivity (Wildman–Crippen MR) is 118 cm³/mol. The SMILES string of the molecule is Cc1nc(OC[C@@H]2CCCN2C)nc2c1COC(c1cccc3cccc(C)c13)C2. The number of fused-ring (bicyclic) bond motifs is 2. The van der Waals surface area contributed by atoms with Crippen LogP contribution >= 0.6 is 0 Å². The smallest absolute Gasteiger partial charge is 0.316 e. The number of likely N-dealkylation sites (N-methyl/N-ethyl adjacent to an activating group) is 1. The van der Waals surface area contributed by atoms with Crippen molar-refractivity contribution in [3.05, 3.63) is 64.5 Å². The van der Waals surface area contributed by atoms with Crippen LogP contribution in [0.1, 0.15) is 47.0 Å². The van der Waals surface area contributed by atoms with Gasteiger partial charge in [-0.2, -0.15) is 4.98 Å². The van der Waals surface area contributed by atoms with Gasteiger partial charge in [0.1, 0.15) is 6.61 Å². The van der Waals surface area contributed by atoms with Gasteiger partial charge in [0.25, 0.3) is 0 Å². The molecule has 2 aliphatic rings. The van der Waals surface area contributed by atoms with Gasteiger partial charge in [0.2, 0.25) is 0 Å². The number of ether oxygens (including phenoxy) is 2. The van der Waals surface area contributed by atoms with Gasteiger partial charge in [-0.15, -0.1) is 0 Å². The lowest BCUT2D eigenvalue weighted by Gasteiger charge is -2.27. The van der Waals surface area contributed by atoms with Crippen molar-refractivity contribution in [2.75, 3.05) is 20.2 Å². The van der Waals surface area contributed by atoms with Crippen LogP contribution in [0.2, 0.25) is 0 Å². The number of hydrogen-bond acceptors (Lipinski definition) is 5. The molecule has 0 N–H and O–H groups in total. The first-order chi connectivity index (χ1) is 14.6. The molecule has 0 saturated carbocycles. The van der Waals surface area contributed by atoms with Crippen molar-refractivity contribution < 1.29 is 9.47 Å². The van der Waals surface area contributed by atoms with Crippen molar-refractivity contribution in [2.24, 2.45) is 0 Å². The Labute approximate surface area is 178 Å². The first-order valence-electron chi connectivity index (χ1n) is 10.9. The van der Waals surface area contributed by atoms with Gasteiger partial charge in [0.15, 0.2) is 0 Å². The lowest BCUT2D eigenvalue weighted by molar-refractivity contribution is 0.0258. The highest BCUT2D eigenvalue weighted by Crippen LogP contribution is 2.36. The van der Waals surface area contributed by atoms with E-state index in [-0.39, 0.29) is 6.10 Å². The standard InChI is InChI=1S/C25H29N3O2/c1-16-7-4-8-18-9-5-11-20(24(16)18)23-13-22-21(15-29-23)17(2)26-25(27-22)30-14-19-10-6-12-28(19)3/h4-5,7-9,11,19,23H,6,10,12-15H2,1-3H3/t19-,23?/m0/s1. The van der Waals surface area contributed by atoms with Crippen molar-refractivity contribution in [3.8, 4) is 6.01 Å². The van der Waals surface area contributed by atoms with Crippen LogP contribution in [0.3, 0.4) is 0 Å². The maximum Gasteiger partial charge on any atom is 0.316 e. The van der Waals surface area contributed by atoms with Crippen molar-refractivity contribution in [3.63, 3.8) is 0 Å². The Balaban J connectivity index is 1.41. The molecule has 1 fully saturated rings.